The van der Waals surface area contributed by atoms with Gasteiger partial charge in [-0.25, -0.2) is 5.84 Å². The molecule has 0 fully saturated rings. The highest BCUT2D eigenvalue weighted by atomic mass is 16.4. The molecule has 1 heterocycles. The molecular weight excluding hydrogens is 228 g/mol. The van der Waals surface area contributed by atoms with Crippen LogP contribution in [0.5, 0.6) is 0 Å². The molecule has 0 aliphatic rings. The zero-order valence-corrected chi connectivity index (χ0v) is 11.0. The Labute approximate surface area is 107 Å². The number of anilines is 1. The van der Waals surface area contributed by atoms with Crippen molar-refractivity contribution in [2.45, 2.75) is 13.8 Å². The summed E-state index contributed by atoms with van der Waals surface area (Å²) in [6, 6.07) is 8.15. The van der Waals surface area contributed by atoms with E-state index >= 15 is 0 Å². The van der Waals surface area contributed by atoms with Crippen LogP contribution in [0.1, 0.15) is 13.8 Å². The average molecular weight is 248 g/mol. The van der Waals surface area contributed by atoms with Crippen molar-refractivity contribution in [3.8, 4) is 0 Å². The summed E-state index contributed by atoms with van der Waals surface area (Å²) in [5.41, 5.74) is 1.61. The van der Waals surface area contributed by atoms with Crippen LogP contribution in [0.2, 0.25) is 0 Å². The third kappa shape index (κ3) is 2.80. The second-order valence-electron chi connectivity index (χ2n) is 4.18. The lowest BCUT2D eigenvalue weighted by molar-refractivity contribution is 0.307. The molecule has 0 radical (unpaired) electrons. The maximum absolute atomic E-state index is 5.97. The largest absolute Gasteiger partial charge is 0.422 e. The molecule has 5 nitrogen and oxygen atoms in total. The van der Waals surface area contributed by atoms with Gasteiger partial charge in [0.25, 0.3) is 0 Å². The molecule has 0 aliphatic carbocycles. The zero-order chi connectivity index (χ0) is 13.0. The summed E-state index contributed by atoms with van der Waals surface area (Å²) >= 11 is 0. The Balaban J connectivity index is 2.02. The number of nitrogens with two attached hydrogens (primary N) is 1. The Morgan fingerprint density at radius 2 is 1.89 bits per heavy atom. The maximum atomic E-state index is 5.97. The number of hydrazine groups is 1. The molecule has 2 N–H and O–H groups in total. The molecule has 0 aliphatic heterocycles. The Bertz CT molecular complexity index is 459. The molecule has 0 saturated carbocycles. The topological polar surface area (TPSA) is 58.5 Å². The van der Waals surface area contributed by atoms with E-state index in [-0.39, 0.29) is 0 Å². The summed E-state index contributed by atoms with van der Waals surface area (Å²) in [5.74, 6) is 5.97. The van der Waals surface area contributed by atoms with E-state index in [0.717, 1.165) is 30.7 Å². The number of hydrogen-bond acceptors (Lipinski definition) is 5. The molecule has 1 aromatic carbocycles. The van der Waals surface area contributed by atoms with Crippen LogP contribution in [0.15, 0.2) is 28.7 Å². The SMILES string of the molecule is CCN(CC)CCN(N)c1nc2ccccc2o1. The predicted molar refractivity (Wildman–Crippen MR) is 73.3 cm³/mol. The quantitative estimate of drug-likeness (QED) is 0.624. The van der Waals surface area contributed by atoms with E-state index in [4.69, 9.17) is 10.3 Å². The molecule has 0 unspecified atom stereocenters. The van der Waals surface area contributed by atoms with Crippen molar-refractivity contribution in [1.82, 2.24) is 9.88 Å². The zero-order valence-electron chi connectivity index (χ0n) is 11.0. The molecule has 0 atom stereocenters. The van der Waals surface area contributed by atoms with Crippen LogP contribution in [0.25, 0.3) is 11.1 Å². The summed E-state index contributed by atoms with van der Waals surface area (Å²) < 4.78 is 5.60. The van der Waals surface area contributed by atoms with Crippen LogP contribution in [0.4, 0.5) is 6.01 Å². The van der Waals surface area contributed by atoms with Gasteiger partial charge in [0.1, 0.15) is 5.52 Å². The van der Waals surface area contributed by atoms with Crippen molar-refractivity contribution in [1.29, 1.82) is 0 Å². The maximum Gasteiger partial charge on any atom is 0.313 e. The first-order valence-corrected chi connectivity index (χ1v) is 6.34. The number of likely N-dealkylation sites (N-methyl/N-ethyl adjacent to an activating group) is 1. The minimum atomic E-state index is 0.475. The molecule has 0 amide bonds. The summed E-state index contributed by atoms with van der Waals surface area (Å²) in [7, 11) is 0. The van der Waals surface area contributed by atoms with E-state index in [2.05, 4.69) is 23.7 Å². The third-order valence-corrected chi connectivity index (χ3v) is 3.08. The highest BCUT2D eigenvalue weighted by Crippen LogP contribution is 2.19. The molecule has 2 aromatic rings. The third-order valence-electron chi connectivity index (χ3n) is 3.08. The second-order valence-corrected chi connectivity index (χ2v) is 4.18. The van der Waals surface area contributed by atoms with Crippen LogP contribution < -0.4 is 10.9 Å². The number of para-hydroxylation sites is 2. The average Bonchev–Trinajstić information content (AvgIpc) is 2.83. The molecule has 18 heavy (non-hydrogen) atoms. The van der Waals surface area contributed by atoms with Gasteiger partial charge in [-0.1, -0.05) is 26.0 Å². The first-order chi connectivity index (χ1) is 8.74. The van der Waals surface area contributed by atoms with Crippen molar-refractivity contribution in [2.75, 3.05) is 31.2 Å². The fraction of sp³-hybridized carbons (Fsp3) is 0.462. The van der Waals surface area contributed by atoms with Crippen LogP contribution in [-0.2, 0) is 0 Å². The second kappa shape index (κ2) is 5.84. The first kappa shape index (κ1) is 12.9. The Hall–Kier alpha value is -1.59. The van der Waals surface area contributed by atoms with Crippen LogP contribution >= 0.6 is 0 Å². The van der Waals surface area contributed by atoms with E-state index in [9.17, 15) is 0 Å². The Kier molecular flexibility index (Phi) is 4.17. The minimum absolute atomic E-state index is 0.475. The fourth-order valence-electron chi connectivity index (χ4n) is 1.87. The van der Waals surface area contributed by atoms with E-state index in [1.165, 1.54) is 0 Å². The molecule has 1 aromatic heterocycles. The van der Waals surface area contributed by atoms with Gasteiger partial charge in [0.05, 0.1) is 6.54 Å². The number of fused-ring (bicyclic) bond motifs is 1. The molecular formula is C13H20N4O. The van der Waals surface area contributed by atoms with Gasteiger partial charge in [0.15, 0.2) is 5.58 Å². The highest BCUT2D eigenvalue weighted by molar-refractivity contribution is 5.74. The predicted octanol–water partition coefficient (Wildman–Crippen LogP) is 1.85. The van der Waals surface area contributed by atoms with Crippen LogP contribution in [0.3, 0.4) is 0 Å². The number of rotatable bonds is 6. The van der Waals surface area contributed by atoms with Crippen molar-refractivity contribution >= 4 is 17.1 Å². The standard InChI is InChI=1S/C13H20N4O/c1-3-16(4-2)9-10-17(14)13-15-11-7-5-6-8-12(11)18-13/h5-8H,3-4,9-10,14H2,1-2H3. The molecule has 98 valence electrons. The van der Waals surface area contributed by atoms with Gasteiger partial charge >= 0.3 is 6.01 Å². The minimum Gasteiger partial charge on any atom is -0.422 e. The Morgan fingerprint density at radius 3 is 2.56 bits per heavy atom. The number of aromatic nitrogens is 1. The number of oxazole rings is 1. The van der Waals surface area contributed by atoms with Crippen molar-refractivity contribution in [3.63, 3.8) is 0 Å². The van der Waals surface area contributed by atoms with Gasteiger partial charge in [-0.05, 0) is 25.2 Å². The van der Waals surface area contributed by atoms with Crippen LogP contribution in [-0.4, -0.2) is 36.1 Å². The monoisotopic (exact) mass is 248 g/mol. The van der Waals surface area contributed by atoms with E-state index in [0.29, 0.717) is 12.6 Å². The normalized spacial score (nSPS) is 11.3. The van der Waals surface area contributed by atoms with Gasteiger partial charge < -0.3 is 9.32 Å². The first-order valence-electron chi connectivity index (χ1n) is 6.34. The number of nitrogens with zero attached hydrogens (tertiary/aromatic N) is 3. The summed E-state index contributed by atoms with van der Waals surface area (Å²) in [6.07, 6.45) is 0. The van der Waals surface area contributed by atoms with Crippen molar-refractivity contribution in [3.05, 3.63) is 24.3 Å². The molecule has 0 spiro atoms. The molecule has 5 heteroatoms. The lowest BCUT2D eigenvalue weighted by Gasteiger charge is -2.21. The van der Waals surface area contributed by atoms with Gasteiger partial charge in [-0.15, -0.1) is 0 Å². The molecule has 0 saturated heterocycles. The number of hydrogen-bond donors (Lipinski definition) is 1. The fourth-order valence-corrected chi connectivity index (χ4v) is 1.87. The molecule has 0 bridgehead atoms. The lowest BCUT2D eigenvalue weighted by Crippen LogP contribution is -2.39. The lowest BCUT2D eigenvalue weighted by atomic mass is 10.3. The number of benzene rings is 1. The van der Waals surface area contributed by atoms with Crippen LogP contribution in [0, 0.1) is 0 Å². The van der Waals surface area contributed by atoms with Gasteiger partial charge in [0, 0.05) is 6.54 Å². The van der Waals surface area contributed by atoms with Gasteiger partial charge in [0.2, 0.25) is 0 Å². The smallest absolute Gasteiger partial charge is 0.313 e. The van der Waals surface area contributed by atoms with Gasteiger partial charge in [-0.3, -0.25) is 5.01 Å². The molecule has 2 rings (SSSR count). The van der Waals surface area contributed by atoms with Crippen molar-refractivity contribution < 1.29 is 4.42 Å². The van der Waals surface area contributed by atoms with E-state index in [1.54, 1.807) is 5.01 Å². The highest BCUT2D eigenvalue weighted by Gasteiger charge is 2.11. The van der Waals surface area contributed by atoms with E-state index < -0.39 is 0 Å². The Morgan fingerprint density at radius 1 is 1.17 bits per heavy atom. The summed E-state index contributed by atoms with van der Waals surface area (Å²) in [6.45, 7) is 7.94. The summed E-state index contributed by atoms with van der Waals surface area (Å²) in [4.78, 5) is 6.67. The van der Waals surface area contributed by atoms with Crippen molar-refractivity contribution in [2.24, 2.45) is 5.84 Å². The van der Waals surface area contributed by atoms with E-state index in [1.807, 2.05) is 24.3 Å². The van der Waals surface area contributed by atoms with Gasteiger partial charge in [-0.2, -0.15) is 4.98 Å². The summed E-state index contributed by atoms with van der Waals surface area (Å²) in [5, 5.41) is 1.57.